The lowest BCUT2D eigenvalue weighted by atomic mass is 10.2. The molecule has 0 saturated heterocycles. The number of para-hydroxylation sites is 2. The first-order chi connectivity index (χ1) is 13.1. The quantitative estimate of drug-likeness (QED) is 0.305. The van der Waals surface area contributed by atoms with Gasteiger partial charge in [0.05, 0.1) is 5.75 Å². The van der Waals surface area contributed by atoms with E-state index in [1.807, 2.05) is 60.1 Å². The molecular formula is C19H16IN3O3S. The van der Waals surface area contributed by atoms with E-state index in [0.29, 0.717) is 34.7 Å². The molecule has 8 heteroatoms. The van der Waals surface area contributed by atoms with E-state index < -0.39 is 0 Å². The summed E-state index contributed by atoms with van der Waals surface area (Å²) in [5, 5.41) is 9.14. The van der Waals surface area contributed by atoms with Crippen LogP contribution in [-0.2, 0) is 7.05 Å². The number of rotatable bonds is 5. The molecule has 0 N–H and O–H groups in total. The average molecular weight is 493 g/mol. The summed E-state index contributed by atoms with van der Waals surface area (Å²) < 4.78 is 14.7. The molecule has 0 fully saturated rings. The molecule has 1 unspecified atom stereocenters. The van der Waals surface area contributed by atoms with Crippen molar-refractivity contribution in [3.8, 4) is 11.5 Å². The molecule has 0 amide bonds. The Balaban J connectivity index is 1.43. The fraction of sp³-hybridized carbons (Fsp3) is 0.211. The number of hydrogen-bond acceptors (Lipinski definition) is 6. The number of Topliss-reactive ketones (excluding diaryl/α,β-unsaturated/α-hetero) is 1. The highest BCUT2D eigenvalue weighted by Crippen LogP contribution is 2.35. The Bertz CT molecular complexity index is 975. The summed E-state index contributed by atoms with van der Waals surface area (Å²) in [7, 11) is 1.87. The van der Waals surface area contributed by atoms with E-state index in [2.05, 4.69) is 32.8 Å². The van der Waals surface area contributed by atoms with Crippen LogP contribution in [0.3, 0.4) is 0 Å². The van der Waals surface area contributed by atoms with Crippen LogP contribution in [0, 0.1) is 3.57 Å². The SMILES string of the molecule is Cn1c(SCC(=O)c2ccc(I)cc2)nnc1C1COc2ccccc2O1. The topological polar surface area (TPSA) is 66.2 Å². The van der Waals surface area contributed by atoms with Crippen molar-refractivity contribution in [2.45, 2.75) is 11.3 Å². The molecular weight excluding hydrogens is 477 g/mol. The van der Waals surface area contributed by atoms with Gasteiger partial charge in [0.2, 0.25) is 0 Å². The first-order valence-corrected chi connectivity index (χ1v) is 10.4. The lowest BCUT2D eigenvalue weighted by molar-refractivity contribution is 0.0825. The van der Waals surface area contributed by atoms with Crippen LogP contribution < -0.4 is 9.47 Å². The second-order valence-electron chi connectivity index (χ2n) is 5.98. The summed E-state index contributed by atoms with van der Waals surface area (Å²) in [4.78, 5) is 12.4. The van der Waals surface area contributed by atoms with Crippen molar-refractivity contribution < 1.29 is 14.3 Å². The number of thioether (sulfide) groups is 1. The fourth-order valence-corrected chi connectivity index (χ4v) is 3.90. The molecule has 6 nitrogen and oxygen atoms in total. The molecule has 0 bridgehead atoms. The minimum absolute atomic E-state index is 0.0622. The van der Waals surface area contributed by atoms with Crippen molar-refractivity contribution >= 4 is 40.1 Å². The molecule has 0 saturated carbocycles. The zero-order valence-electron chi connectivity index (χ0n) is 14.5. The smallest absolute Gasteiger partial charge is 0.192 e. The van der Waals surface area contributed by atoms with E-state index in [1.54, 1.807) is 0 Å². The number of halogens is 1. The van der Waals surface area contributed by atoms with Crippen molar-refractivity contribution in [2.24, 2.45) is 7.05 Å². The second kappa shape index (κ2) is 7.89. The van der Waals surface area contributed by atoms with Gasteiger partial charge in [-0.05, 0) is 46.9 Å². The lowest BCUT2D eigenvalue weighted by Gasteiger charge is -2.25. The zero-order valence-corrected chi connectivity index (χ0v) is 17.4. The molecule has 0 radical (unpaired) electrons. The lowest BCUT2D eigenvalue weighted by Crippen LogP contribution is -2.24. The highest BCUT2D eigenvalue weighted by molar-refractivity contribution is 14.1. The van der Waals surface area contributed by atoms with Gasteiger partial charge in [0.15, 0.2) is 34.4 Å². The van der Waals surface area contributed by atoms with Crippen LogP contribution in [0.15, 0.2) is 53.7 Å². The Hall–Kier alpha value is -2.07. The zero-order chi connectivity index (χ0) is 18.8. The Morgan fingerprint density at radius 3 is 2.70 bits per heavy atom. The van der Waals surface area contributed by atoms with E-state index >= 15 is 0 Å². The van der Waals surface area contributed by atoms with E-state index in [1.165, 1.54) is 11.8 Å². The van der Waals surface area contributed by atoms with Crippen LogP contribution in [0.1, 0.15) is 22.3 Å². The molecule has 0 aliphatic carbocycles. The first kappa shape index (κ1) is 18.3. The average Bonchev–Trinajstić information content (AvgIpc) is 3.06. The number of benzene rings is 2. The summed E-state index contributed by atoms with van der Waals surface area (Å²) >= 11 is 3.59. The van der Waals surface area contributed by atoms with Gasteiger partial charge in [0, 0.05) is 16.2 Å². The number of fused-ring (bicyclic) bond motifs is 1. The Labute approximate surface area is 174 Å². The monoisotopic (exact) mass is 493 g/mol. The van der Waals surface area contributed by atoms with Crippen molar-refractivity contribution in [3.05, 3.63) is 63.5 Å². The van der Waals surface area contributed by atoms with E-state index in [-0.39, 0.29) is 11.9 Å². The van der Waals surface area contributed by atoms with Crippen LogP contribution in [0.2, 0.25) is 0 Å². The van der Waals surface area contributed by atoms with Gasteiger partial charge in [-0.1, -0.05) is 36.0 Å². The molecule has 2 aromatic carbocycles. The maximum absolute atomic E-state index is 12.4. The van der Waals surface area contributed by atoms with Crippen molar-refractivity contribution in [1.82, 2.24) is 14.8 Å². The molecule has 138 valence electrons. The van der Waals surface area contributed by atoms with E-state index in [9.17, 15) is 4.79 Å². The number of ether oxygens (including phenoxy) is 2. The largest absolute Gasteiger partial charge is 0.485 e. The van der Waals surface area contributed by atoms with Gasteiger partial charge < -0.3 is 14.0 Å². The molecule has 4 rings (SSSR count). The summed E-state index contributed by atoms with van der Waals surface area (Å²) in [5.74, 6) is 2.46. The molecule has 2 heterocycles. The molecule has 3 aromatic rings. The summed E-state index contributed by atoms with van der Waals surface area (Å²) in [6.45, 7) is 0.370. The molecule has 0 spiro atoms. The van der Waals surface area contributed by atoms with Crippen LogP contribution in [0.4, 0.5) is 0 Å². The Morgan fingerprint density at radius 2 is 1.93 bits per heavy atom. The van der Waals surface area contributed by atoms with E-state index in [0.717, 1.165) is 9.32 Å². The first-order valence-electron chi connectivity index (χ1n) is 8.31. The molecule has 1 aromatic heterocycles. The van der Waals surface area contributed by atoms with Crippen LogP contribution >= 0.6 is 34.4 Å². The molecule has 1 atom stereocenters. The number of hydrogen-bond donors (Lipinski definition) is 0. The van der Waals surface area contributed by atoms with Gasteiger partial charge in [-0.2, -0.15) is 0 Å². The van der Waals surface area contributed by atoms with Gasteiger partial charge in [-0.25, -0.2) is 0 Å². The molecule has 27 heavy (non-hydrogen) atoms. The summed E-state index contributed by atoms with van der Waals surface area (Å²) in [5.41, 5.74) is 0.700. The van der Waals surface area contributed by atoms with Crippen LogP contribution in [-0.4, -0.2) is 32.9 Å². The van der Waals surface area contributed by atoms with Gasteiger partial charge in [-0.15, -0.1) is 10.2 Å². The Kier molecular flexibility index (Phi) is 5.35. The van der Waals surface area contributed by atoms with Gasteiger partial charge in [0.1, 0.15) is 6.61 Å². The number of ketones is 1. The third kappa shape index (κ3) is 3.96. The third-order valence-corrected chi connectivity index (χ3v) is 5.90. The minimum atomic E-state index is -0.335. The summed E-state index contributed by atoms with van der Waals surface area (Å²) in [6.07, 6.45) is -0.335. The second-order valence-corrected chi connectivity index (χ2v) is 8.17. The van der Waals surface area contributed by atoms with Gasteiger partial charge in [0.25, 0.3) is 0 Å². The van der Waals surface area contributed by atoms with Crippen LogP contribution in [0.5, 0.6) is 11.5 Å². The van der Waals surface area contributed by atoms with Crippen molar-refractivity contribution in [3.63, 3.8) is 0 Å². The molecule has 1 aliphatic rings. The summed E-state index contributed by atoms with van der Waals surface area (Å²) in [6, 6.07) is 15.1. The third-order valence-electron chi connectivity index (χ3n) is 4.16. The predicted molar refractivity (Wildman–Crippen MR) is 111 cm³/mol. The van der Waals surface area contributed by atoms with Crippen molar-refractivity contribution in [2.75, 3.05) is 12.4 Å². The number of carbonyl (C=O) groups excluding carboxylic acids is 1. The fourth-order valence-electron chi connectivity index (χ4n) is 2.73. The highest BCUT2D eigenvalue weighted by atomic mass is 127. The highest BCUT2D eigenvalue weighted by Gasteiger charge is 2.27. The maximum atomic E-state index is 12.4. The number of aromatic nitrogens is 3. The minimum Gasteiger partial charge on any atom is -0.485 e. The normalized spacial score (nSPS) is 15.6. The van der Waals surface area contributed by atoms with Crippen molar-refractivity contribution in [1.29, 1.82) is 0 Å². The van der Waals surface area contributed by atoms with Gasteiger partial charge >= 0.3 is 0 Å². The molecule has 1 aliphatic heterocycles. The Morgan fingerprint density at radius 1 is 1.19 bits per heavy atom. The standard InChI is InChI=1S/C19H16IN3O3S/c1-23-18(17-10-25-15-4-2-3-5-16(15)26-17)21-22-19(23)27-11-14(24)12-6-8-13(20)9-7-12/h2-9,17H,10-11H2,1H3. The van der Waals surface area contributed by atoms with E-state index in [4.69, 9.17) is 9.47 Å². The maximum Gasteiger partial charge on any atom is 0.192 e. The van der Waals surface area contributed by atoms with Gasteiger partial charge in [-0.3, -0.25) is 4.79 Å². The predicted octanol–water partition coefficient (Wildman–Crippen LogP) is 3.91. The number of carbonyl (C=O) groups is 1. The van der Waals surface area contributed by atoms with Crippen LogP contribution in [0.25, 0.3) is 0 Å². The number of nitrogens with zero attached hydrogens (tertiary/aromatic N) is 3.